The van der Waals surface area contributed by atoms with Crippen molar-refractivity contribution in [2.45, 2.75) is 67.3 Å². The van der Waals surface area contributed by atoms with E-state index in [4.69, 9.17) is 37.8 Å². The molecule has 1 spiro atoms. The number of nitrogens with zero attached hydrogens (tertiary/aromatic N) is 5. The Morgan fingerprint density at radius 1 is 1.26 bits per heavy atom. The molecular formula is C24H34ClN7O2S. The normalized spacial score (nSPS) is 26.1. The topological polar surface area (TPSA) is 127 Å². The Kier molecular flexibility index (Phi) is 7.39. The lowest BCUT2D eigenvalue weighted by molar-refractivity contribution is 0.0973. The molecule has 35 heavy (non-hydrogen) atoms. The van der Waals surface area contributed by atoms with Gasteiger partial charge in [0.05, 0.1) is 30.5 Å². The van der Waals surface area contributed by atoms with Crippen molar-refractivity contribution in [3.05, 3.63) is 29.2 Å². The van der Waals surface area contributed by atoms with Crippen molar-refractivity contribution >= 4 is 35.0 Å². The zero-order chi connectivity index (χ0) is 24.6. The van der Waals surface area contributed by atoms with Crippen LogP contribution in [0.5, 0.6) is 0 Å². The summed E-state index contributed by atoms with van der Waals surface area (Å²) in [6.07, 6.45) is 7.64. The van der Waals surface area contributed by atoms with Gasteiger partial charge in [0.25, 0.3) is 0 Å². The summed E-state index contributed by atoms with van der Waals surface area (Å²) in [5.74, 6) is 1.50. The number of pyridine rings is 1. The number of hydrogen-bond acceptors (Lipinski definition) is 10. The summed E-state index contributed by atoms with van der Waals surface area (Å²) in [7, 11) is 0. The second-order valence-electron chi connectivity index (χ2n) is 9.80. The fourth-order valence-electron chi connectivity index (χ4n) is 5.63. The SMILES string of the molecule is C[C@@H]1OCC2(CCN(c3ncc(Sc4ccnc(N5CCCC5CN)c4Cl)nc3CO)CC2)[C@@H]1N. The van der Waals surface area contributed by atoms with Crippen molar-refractivity contribution in [1.29, 1.82) is 0 Å². The lowest BCUT2D eigenvalue weighted by Gasteiger charge is -2.41. The van der Waals surface area contributed by atoms with Crippen LogP contribution < -0.4 is 21.3 Å². The first kappa shape index (κ1) is 25.0. The molecule has 190 valence electrons. The molecule has 0 bridgehead atoms. The first-order chi connectivity index (χ1) is 17.0. The van der Waals surface area contributed by atoms with E-state index in [1.807, 2.05) is 6.07 Å². The molecule has 0 aliphatic carbocycles. The summed E-state index contributed by atoms with van der Waals surface area (Å²) in [6, 6.07) is 2.20. The maximum Gasteiger partial charge on any atom is 0.152 e. The van der Waals surface area contributed by atoms with E-state index in [1.54, 1.807) is 12.4 Å². The third-order valence-electron chi connectivity index (χ3n) is 7.83. The number of rotatable bonds is 6. The zero-order valence-corrected chi connectivity index (χ0v) is 21.6. The third kappa shape index (κ3) is 4.72. The number of aromatic nitrogens is 3. The standard InChI is InChI=1S/C24H34ClN7O2S/c1-15-21(27)24(14-34-15)5-9-31(10-6-24)22-17(13-33)30-19(12-29-22)35-18-4-7-28-23(20(18)25)32-8-2-3-16(32)11-26/h4,7,12,15-16,21,33H,2-3,5-6,8-11,13-14,26-27H2,1H3/t15-,16?,21+/m0/s1. The Labute approximate surface area is 215 Å². The van der Waals surface area contributed by atoms with Crippen molar-refractivity contribution in [3.63, 3.8) is 0 Å². The zero-order valence-electron chi connectivity index (χ0n) is 20.1. The van der Waals surface area contributed by atoms with Crippen LogP contribution in [-0.2, 0) is 11.3 Å². The second-order valence-corrected chi connectivity index (χ2v) is 11.2. The molecule has 3 saturated heterocycles. The van der Waals surface area contributed by atoms with E-state index in [-0.39, 0.29) is 30.2 Å². The number of piperidine rings is 1. The molecule has 5 heterocycles. The van der Waals surface area contributed by atoms with Crippen LogP contribution in [-0.4, -0.2) is 71.0 Å². The number of nitrogens with two attached hydrogens (primary N) is 2. The summed E-state index contributed by atoms with van der Waals surface area (Å²) in [5, 5.41) is 11.4. The van der Waals surface area contributed by atoms with E-state index in [9.17, 15) is 5.11 Å². The van der Waals surface area contributed by atoms with Crippen LogP contribution in [0.3, 0.4) is 0 Å². The van der Waals surface area contributed by atoms with Crippen LogP contribution in [0.25, 0.3) is 0 Å². The second kappa shape index (κ2) is 10.4. The van der Waals surface area contributed by atoms with Crippen molar-refractivity contribution in [1.82, 2.24) is 15.0 Å². The Balaban J connectivity index is 1.31. The van der Waals surface area contributed by atoms with E-state index in [0.717, 1.165) is 68.5 Å². The van der Waals surface area contributed by atoms with Gasteiger partial charge in [-0.25, -0.2) is 15.0 Å². The van der Waals surface area contributed by atoms with Gasteiger partial charge < -0.3 is 31.1 Å². The van der Waals surface area contributed by atoms with E-state index in [2.05, 4.69) is 21.7 Å². The first-order valence-electron chi connectivity index (χ1n) is 12.3. The minimum Gasteiger partial charge on any atom is -0.390 e. The van der Waals surface area contributed by atoms with Gasteiger partial charge in [-0.05, 0) is 38.7 Å². The van der Waals surface area contributed by atoms with Crippen molar-refractivity contribution in [2.24, 2.45) is 16.9 Å². The Morgan fingerprint density at radius 2 is 2.06 bits per heavy atom. The van der Waals surface area contributed by atoms with E-state index >= 15 is 0 Å². The molecule has 0 radical (unpaired) electrons. The van der Waals surface area contributed by atoms with Gasteiger partial charge in [0.15, 0.2) is 5.82 Å². The maximum atomic E-state index is 10.1. The molecule has 3 fully saturated rings. The quantitative estimate of drug-likeness (QED) is 0.523. The number of halogens is 1. The maximum absolute atomic E-state index is 10.1. The summed E-state index contributed by atoms with van der Waals surface area (Å²) in [5.41, 5.74) is 13.0. The van der Waals surface area contributed by atoms with Crippen LogP contribution in [0.4, 0.5) is 11.6 Å². The van der Waals surface area contributed by atoms with Gasteiger partial charge >= 0.3 is 0 Å². The molecule has 11 heteroatoms. The van der Waals surface area contributed by atoms with Crippen molar-refractivity contribution in [2.75, 3.05) is 42.6 Å². The van der Waals surface area contributed by atoms with Gasteiger partial charge in [-0.3, -0.25) is 0 Å². The van der Waals surface area contributed by atoms with Gasteiger partial charge in [-0.1, -0.05) is 23.4 Å². The van der Waals surface area contributed by atoms with Crippen LogP contribution in [0.15, 0.2) is 28.4 Å². The highest BCUT2D eigenvalue weighted by atomic mass is 35.5. The minimum atomic E-state index is -0.181. The van der Waals surface area contributed by atoms with Crippen LogP contribution in [0, 0.1) is 5.41 Å². The molecule has 2 aromatic rings. The number of hydrogen-bond donors (Lipinski definition) is 3. The molecule has 0 aromatic carbocycles. The Hall–Kier alpha value is -1.69. The largest absolute Gasteiger partial charge is 0.390 e. The monoisotopic (exact) mass is 519 g/mol. The van der Waals surface area contributed by atoms with Gasteiger partial charge in [0.2, 0.25) is 0 Å². The number of aliphatic hydroxyl groups is 1. The molecular weight excluding hydrogens is 486 g/mol. The Bertz CT molecular complexity index is 1050. The molecule has 3 aliphatic heterocycles. The molecule has 3 atom stereocenters. The molecule has 0 saturated carbocycles. The molecule has 5 rings (SSSR count). The summed E-state index contributed by atoms with van der Waals surface area (Å²) in [6.45, 7) is 5.70. The molecule has 3 aliphatic rings. The van der Waals surface area contributed by atoms with Crippen molar-refractivity contribution < 1.29 is 9.84 Å². The van der Waals surface area contributed by atoms with Crippen LogP contribution >= 0.6 is 23.4 Å². The summed E-state index contributed by atoms with van der Waals surface area (Å²) >= 11 is 8.21. The number of aliphatic hydroxyl groups excluding tert-OH is 1. The minimum absolute atomic E-state index is 0.0343. The van der Waals surface area contributed by atoms with E-state index < -0.39 is 0 Å². The van der Waals surface area contributed by atoms with Gasteiger partial charge in [-0.15, -0.1) is 0 Å². The highest BCUT2D eigenvalue weighted by Crippen LogP contribution is 2.43. The average molecular weight is 520 g/mol. The van der Waals surface area contributed by atoms with E-state index in [1.165, 1.54) is 11.8 Å². The smallest absolute Gasteiger partial charge is 0.152 e. The van der Waals surface area contributed by atoms with Gasteiger partial charge in [0, 0.05) is 54.8 Å². The fraction of sp³-hybridized carbons (Fsp3) is 0.625. The van der Waals surface area contributed by atoms with Crippen molar-refractivity contribution in [3.8, 4) is 0 Å². The highest BCUT2D eigenvalue weighted by molar-refractivity contribution is 7.99. The molecule has 1 unspecified atom stereocenters. The molecule has 2 aromatic heterocycles. The summed E-state index contributed by atoms with van der Waals surface area (Å²) < 4.78 is 5.84. The van der Waals surface area contributed by atoms with Crippen LogP contribution in [0.2, 0.25) is 5.02 Å². The predicted molar refractivity (Wildman–Crippen MR) is 138 cm³/mol. The number of anilines is 2. The lowest BCUT2D eigenvalue weighted by Crippen LogP contribution is -2.51. The lowest BCUT2D eigenvalue weighted by atomic mass is 9.73. The molecule has 5 N–H and O–H groups in total. The van der Waals surface area contributed by atoms with E-state index in [0.29, 0.717) is 22.3 Å². The average Bonchev–Trinajstić information content (AvgIpc) is 3.46. The van der Waals surface area contributed by atoms with Gasteiger partial charge in [0.1, 0.15) is 16.5 Å². The molecule has 0 amide bonds. The first-order valence-corrected chi connectivity index (χ1v) is 13.5. The Morgan fingerprint density at radius 3 is 2.74 bits per heavy atom. The highest BCUT2D eigenvalue weighted by Gasteiger charge is 2.47. The fourth-order valence-corrected chi connectivity index (χ4v) is 6.76. The van der Waals surface area contributed by atoms with Gasteiger partial charge in [-0.2, -0.15) is 0 Å². The number of ether oxygens (including phenoxy) is 1. The van der Waals surface area contributed by atoms with Crippen LogP contribution in [0.1, 0.15) is 38.3 Å². The third-order valence-corrected chi connectivity index (χ3v) is 9.28. The predicted octanol–water partition coefficient (Wildman–Crippen LogP) is 2.43. The summed E-state index contributed by atoms with van der Waals surface area (Å²) in [4.78, 5) is 19.2. The molecule has 9 nitrogen and oxygen atoms in total.